The molecule has 0 spiro atoms. The van der Waals surface area contributed by atoms with Crippen LogP contribution in [-0.2, 0) is 6.54 Å². The number of para-hydroxylation sites is 2. The Morgan fingerprint density at radius 2 is 0.897 bits per heavy atom. The van der Waals surface area contributed by atoms with Gasteiger partial charge in [0.2, 0.25) is 0 Å². The molecule has 318 valence electrons. The maximum atomic E-state index is 2.58. The van der Waals surface area contributed by atoms with Gasteiger partial charge < -0.3 is 9.47 Å². The Balaban J connectivity index is 1.04. The molecule has 0 radical (unpaired) electrons. The summed E-state index contributed by atoms with van der Waals surface area (Å²) < 4.78 is 5.18. The topological polar surface area (TPSA) is 8.17 Å². The van der Waals surface area contributed by atoms with Crippen molar-refractivity contribution in [2.45, 2.75) is 6.54 Å². The molecule has 0 fully saturated rings. The van der Waals surface area contributed by atoms with Crippen molar-refractivity contribution in [3.8, 4) is 61.3 Å². The van der Waals surface area contributed by atoms with Crippen molar-refractivity contribution in [1.29, 1.82) is 0 Å². The number of anilines is 2. The zero-order chi connectivity index (χ0) is 44.7. The first-order valence-electron chi connectivity index (χ1n) is 23.5. The SMILES string of the molecule is c1ccc(-c2cccc(-c3ccccc3)c2-n2c3ccccc3c3ccc(N(Cc4ccccc4-c4cccc5c4sc4ccccc45)c4ccc5c6c(cccc46)-c4ccccc4-5)cc32)cc1. The lowest BCUT2D eigenvalue weighted by molar-refractivity contribution is 0.983. The Morgan fingerprint density at radius 3 is 1.66 bits per heavy atom. The summed E-state index contributed by atoms with van der Waals surface area (Å²) >= 11 is 1.89. The first kappa shape index (κ1) is 38.7. The monoisotopic (exact) mass is 882 g/mol. The molecule has 0 atom stereocenters. The minimum atomic E-state index is 0.657. The van der Waals surface area contributed by atoms with Gasteiger partial charge in [0.15, 0.2) is 0 Å². The highest BCUT2D eigenvalue weighted by molar-refractivity contribution is 7.26. The molecule has 14 rings (SSSR count). The van der Waals surface area contributed by atoms with Gasteiger partial charge in [-0.1, -0.05) is 212 Å². The Morgan fingerprint density at radius 1 is 0.353 bits per heavy atom. The van der Waals surface area contributed by atoms with Gasteiger partial charge in [0.25, 0.3) is 0 Å². The second-order valence-corrected chi connectivity index (χ2v) is 19.0. The molecule has 13 aromatic rings. The summed E-state index contributed by atoms with van der Waals surface area (Å²) in [7, 11) is 0. The van der Waals surface area contributed by atoms with E-state index in [4.69, 9.17) is 0 Å². The number of rotatable bonds is 8. The van der Waals surface area contributed by atoms with Crippen molar-refractivity contribution in [1.82, 2.24) is 4.57 Å². The number of fused-ring (bicyclic) bond motifs is 9. The Bertz CT molecular complexity index is 4030. The fourth-order valence-corrected chi connectivity index (χ4v) is 12.5. The standard InChI is InChI=1S/C65H42N2S/c1-3-18-42(19-4-1)47-28-15-29-48(43-20-5-2-6-21-43)64(47)67-60-34-13-11-26-51(60)52-37-36-45(40-61(52)67)66(59-39-38-55-50-25-10-9-24-49(50)54-30-16-33-58(59)63(54)55)41-44-22-7-8-23-46(44)56-31-17-32-57-53-27-12-14-35-62(53)68-65(56)57/h1-40H,41H2. The van der Waals surface area contributed by atoms with Crippen molar-refractivity contribution >= 4 is 75.5 Å². The summed E-state index contributed by atoms with van der Waals surface area (Å²) in [5.41, 5.74) is 19.6. The van der Waals surface area contributed by atoms with Crippen molar-refractivity contribution in [3.63, 3.8) is 0 Å². The first-order valence-corrected chi connectivity index (χ1v) is 24.3. The smallest absolute Gasteiger partial charge is 0.0618 e. The van der Waals surface area contributed by atoms with Gasteiger partial charge in [-0.25, -0.2) is 0 Å². The van der Waals surface area contributed by atoms with Crippen LogP contribution in [-0.4, -0.2) is 4.57 Å². The fourth-order valence-electron chi connectivity index (χ4n) is 11.2. The van der Waals surface area contributed by atoms with Crippen LogP contribution < -0.4 is 4.90 Å². The maximum Gasteiger partial charge on any atom is 0.0618 e. The highest BCUT2D eigenvalue weighted by atomic mass is 32.1. The van der Waals surface area contributed by atoms with Crippen LogP contribution in [0.2, 0.25) is 0 Å². The molecule has 0 saturated carbocycles. The quantitative estimate of drug-likeness (QED) is 0.148. The summed E-state index contributed by atoms with van der Waals surface area (Å²) in [6.45, 7) is 0.657. The summed E-state index contributed by atoms with van der Waals surface area (Å²) in [6.07, 6.45) is 0. The normalized spacial score (nSPS) is 11.9. The number of nitrogens with zero attached hydrogens (tertiary/aromatic N) is 2. The minimum absolute atomic E-state index is 0.657. The van der Waals surface area contributed by atoms with E-state index in [1.807, 2.05) is 11.3 Å². The third-order valence-corrected chi connectivity index (χ3v) is 15.5. The molecule has 2 heterocycles. The number of aromatic nitrogens is 1. The highest BCUT2D eigenvalue weighted by Crippen LogP contribution is 2.51. The van der Waals surface area contributed by atoms with E-state index in [9.17, 15) is 0 Å². The fraction of sp³-hybridized carbons (Fsp3) is 0.0154. The lowest BCUT2D eigenvalue weighted by Crippen LogP contribution is -2.17. The van der Waals surface area contributed by atoms with Crippen molar-refractivity contribution in [3.05, 3.63) is 248 Å². The molecular formula is C65H42N2S. The van der Waals surface area contributed by atoms with E-state index in [-0.39, 0.29) is 0 Å². The molecule has 3 heteroatoms. The van der Waals surface area contributed by atoms with Crippen LogP contribution in [0.3, 0.4) is 0 Å². The van der Waals surface area contributed by atoms with Crippen molar-refractivity contribution < 1.29 is 0 Å². The van der Waals surface area contributed by atoms with Crippen LogP contribution in [0.1, 0.15) is 5.56 Å². The maximum absolute atomic E-state index is 2.58. The second kappa shape index (κ2) is 15.6. The molecule has 0 aliphatic heterocycles. The minimum Gasteiger partial charge on any atom is -0.336 e. The van der Waals surface area contributed by atoms with Gasteiger partial charge in [0.05, 0.1) is 16.7 Å². The number of hydrogen-bond donors (Lipinski definition) is 0. The van der Waals surface area contributed by atoms with E-state index in [2.05, 4.69) is 252 Å². The van der Waals surface area contributed by atoms with Gasteiger partial charge in [-0.3, -0.25) is 0 Å². The third kappa shape index (κ3) is 5.96. The molecule has 2 nitrogen and oxygen atoms in total. The first-order chi connectivity index (χ1) is 33.8. The zero-order valence-corrected chi connectivity index (χ0v) is 37.9. The van der Waals surface area contributed by atoms with Gasteiger partial charge in [-0.2, -0.15) is 0 Å². The van der Waals surface area contributed by atoms with E-state index >= 15 is 0 Å². The molecule has 68 heavy (non-hydrogen) atoms. The molecule has 0 bridgehead atoms. The van der Waals surface area contributed by atoms with E-state index in [1.165, 1.54) is 120 Å². The number of hydrogen-bond acceptors (Lipinski definition) is 2. The van der Waals surface area contributed by atoms with Gasteiger partial charge in [0, 0.05) is 65.4 Å². The van der Waals surface area contributed by atoms with E-state index < -0.39 is 0 Å². The van der Waals surface area contributed by atoms with Crippen LogP contribution in [0, 0.1) is 0 Å². The van der Waals surface area contributed by atoms with Crippen LogP contribution >= 0.6 is 11.3 Å². The Labute approximate surface area is 398 Å². The molecule has 2 aromatic heterocycles. The molecule has 1 aliphatic rings. The number of benzene rings is 11. The average Bonchev–Trinajstić information content (AvgIpc) is 4.07. The largest absolute Gasteiger partial charge is 0.336 e. The van der Waals surface area contributed by atoms with Gasteiger partial charge >= 0.3 is 0 Å². The van der Waals surface area contributed by atoms with Gasteiger partial charge in [-0.05, 0) is 85.8 Å². The van der Waals surface area contributed by atoms with Crippen LogP contribution in [0.25, 0.3) is 114 Å². The summed E-state index contributed by atoms with van der Waals surface area (Å²) in [4.78, 5) is 2.58. The zero-order valence-electron chi connectivity index (χ0n) is 37.1. The van der Waals surface area contributed by atoms with Crippen molar-refractivity contribution in [2.24, 2.45) is 0 Å². The number of thiophene rings is 1. The van der Waals surface area contributed by atoms with Crippen LogP contribution in [0.15, 0.2) is 243 Å². The predicted octanol–water partition coefficient (Wildman–Crippen LogP) is 18.3. The Kier molecular flexibility index (Phi) is 8.86. The molecule has 0 amide bonds. The lowest BCUT2D eigenvalue weighted by Gasteiger charge is -2.29. The van der Waals surface area contributed by atoms with E-state index in [0.717, 1.165) is 11.2 Å². The van der Waals surface area contributed by atoms with Crippen LogP contribution in [0.5, 0.6) is 0 Å². The van der Waals surface area contributed by atoms with E-state index in [0.29, 0.717) is 6.54 Å². The summed E-state index contributed by atoms with van der Waals surface area (Å²) in [6, 6.07) is 89.8. The van der Waals surface area contributed by atoms with Gasteiger partial charge in [0.1, 0.15) is 0 Å². The average molecular weight is 883 g/mol. The second-order valence-electron chi connectivity index (χ2n) is 17.9. The van der Waals surface area contributed by atoms with E-state index in [1.54, 1.807) is 0 Å². The molecule has 0 saturated heterocycles. The summed E-state index contributed by atoms with van der Waals surface area (Å²) in [5, 5.41) is 7.65. The summed E-state index contributed by atoms with van der Waals surface area (Å²) in [5.74, 6) is 0. The van der Waals surface area contributed by atoms with Crippen molar-refractivity contribution in [2.75, 3.05) is 4.90 Å². The molecule has 11 aromatic carbocycles. The molecule has 0 unspecified atom stereocenters. The van der Waals surface area contributed by atoms with Gasteiger partial charge in [-0.15, -0.1) is 11.3 Å². The molecule has 1 aliphatic carbocycles. The lowest BCUT2D eigenvalue weighted by atomic mass is 9.95. The third-order valence-electron chi connectivity index (χ3n) is 14.3. The predicted molar refractivity (Wildman–Crippen MR) is 291 cm³/mol. The molecule has 0 N–H and O–H groups in total. The van der Waals surface area contributed by atoms with Crippen LogP contribution in [0.4, 0.5) is 11.4 Å². The highest BCUT2D eigenvalue weighted by Gasteiger charge is 2.26. The molecular weight excluding hydrogens is 841 g/mol. The Hall–Kier alpha value is -8.50.